The molecule has 0 bridgehead atoms. The maximum Gasteiger partial charge on any atom is 0.242 e. The first kappa shape index (κ1) is 14.8. The molecule has 0 saturated carbocycles. The first-order valence-electron chi connectivity index (χ1n) is 5.36. The Bertz CT molecular complexity index is 474. The van der Waals surface area contributed by atoms with Gasteiger partial charge in [-0.15, -0.1) is 0 Å². The van der Waals surface area contributed by atoms with Crippen molar-refractivity contribution in [3.63, 3.8) is 0 Å². The van der Waals surface area contributed by atoms with E-state index in [2.05, 4.69) is 9.71 Å². The summed E-state index contributed by atoms with van der Waals surface area (Å²) in [4.78, 5) is 3.61. The van der Waals surface area contributed by atoms with Crippen molar-refractivity contribution < 1.29 is 18.6 Å². The number of sulfonamides is 1. The Labute approximate surface area is 106 Å². The summed E-state index contributed by atoms with van der Waals surface area (Å²) in [7, 11) is -3.86. The van der Waals surface area contributed by atoms with Gasteiger partial charge in [0.15, 0.2) is 0 Å². The molecule has 8 heteroatoms. The lowest BCUT2D eigenvalue weighted by Crippen LogP contribution is -2.53. The number of hydrogen-bond donors (Lipinski definition) is 4. The molecule has 102 valence electrons. The predicted molar refractivity (Wildman–Crippen MR) is 66.2 cm³/mol. The van der Waals surface area contributed by atoms with Crippen LogP contribution in [0.3, 0.4) is 0 Å². The quantitative estimate of drug-likeness (QED) is 0.532. The SMILES string of the molecule is CCC(CO)(CO)NS(=O)(=O)c1ccc(N)nc1. The zero-order valence-electron chi connectivity index (χ0n) is 10.00. The lowest BCUT2D eigenvalue weighted by molar-refractivity contribution is 0.105. The van der Waals surface area contributed by atoms with Crippen LogP contribution in [0.1, 0.15) is 13.3 Å². The molecule has 0 radical (unpaired) electrons. The van der Waals surface area contributed by atoms with E-state index in [0.717, 1.165) is 6.20 Å². The topological polar surface area (TPSA) is 126 Å². The molecule has 0 atom stereocenters. The number of anilines is 1. The van der Waals surface area contributed by atoms with Crippen molar-refractivity contribution in [2.45, 2.75) is 23.8 Å². The fraction of sp³-hybridized carbons (Fsp3) is 0.500. The second-order valence-corrected chi connectivity index (χ2v) is 5.66. The van der Waals surface area contributed by atoms with Gasteiger partial charge in [-0.2, -0.15) is 0 Å². The summed E-state index contributed by atoms with van der Waals surface area (Å²) in [6.45, 7) is 0.666. The van der Waals surface area contributed by atoms with Crippen LogP contribution >= 0.6 is 0 Å². The van der Waals surface area contributed by atoms with Gasteiger partial charge < -0.3 is 15.9 Å². The molecular weight excluding hydrogens is 258 g/mol. The van der Waals surface area contributed by atoms with Crippen molar-refractivity contribution in [2.75, 3.05) is 18.9 Å². The van der Waals surface area contributed by atoms with Crippen molar-refractivity contribution in [1.82, 2.24) is 9.71 Å². The van der Waals surface area contributed by atoms with E-state index < -0.39 is 28.8 Å². The average molecular weight is 275 g/mol. The van der Waals surface area contributed by atoms with Crippen LogP contribution in [0.5, 0.6) is 0 Å². The minimum absolute atomic E-state index is 0.0728. The van der Waals surface area contributed by atoms with Gasteiger partial charge in [0.05, 0.1) is 18.8 Å². The van der Waals surface area contributed by atoms with Crippen LogP contribution in [0, 0.1) is 0 Å². The second-order valence-electron chi connectivity index (χ2n) is 3.97. The highest BCUT2D eigenvalue weighted by molar-refractivity contribution is 7.89. The van der Waals surface area contributed by atoms with E-state index in [9.17, 15) is 18.6 Å². The third-order valence-corrected chi connectivity index (χ3v) is 4.27. The van der Waals surface area contributed by atoms with E-state index >= 15 is 0 Å². The minimum atomic E-state index is -3.86. The van der Waals surface area contributed by atoms with Crippen molar-refractivity contribution in [3.8, 4) is 0 Å². The second kappa shape index (κ2) is 5.61. The van der Waals surface area contributed by atoms with Gasteiger partial charge in [0.1, 0.15) is 10.7 Å². The van der Waals surface area contributed by atoms with E-state index in [-0.39, 0.29) is 17.1 Å². The first-order chi connectivity index (χ1) is 8.39. The number of aliphatic hydroxyl groups is 2. The average Bonchev–Trinajstić information content (AvgIpc) is 2.37. The third-order valence-electron chi connectivity index (χ3n) is 2.70. The molecule has 0 aliphatic rings. The van der Waals surface area contributed by atoms with E-state index in [4.69, 9.17) is 5.73 Å². The molecule has 0 aliphatic carbocycles. The summed E-state index contributed by atoms with van der Waals surface area (Å²) < 4.78 is 26.3. The molecule has 0 saturated heterocycles. The maximum atomic E-state index is 12.0. The summed E-state index contributed by atoms with van der Waals surface area (Å²) in [5.74, 6) is 0.208. The summed E-state index contributed by atoms with van der Waals surface area (Å²) in [6.07, 6.45) is 1.37. The number of pyridine rings is 1. The zero-order chi connectivity index (χ0) is 13.8. The Morgan fingerprint density at radius 1 is 1.39 bits per heavy atom. The summed E-state index contributed by atoms with van der Waals surface area (Å²) in [5, 5.41) is 18.4. The number of aliphatic hydroxyl groups excluding tert-OH is 2. The molecular formula is C10H17N3O4S. The fourth-order valence-electron chi connectivity index (χ4n) is 1.30. The van der Waals surface area contributed by atoms with Crippen molar-refractivity contribution in [2.24, 2.45) is 0 Å². The van der Waals surface area contributed by atoms with E-state index in [0.29, 0.717) is 0 Å². The van der Waals surface area contributed by atoms with Crippen molar-refractivity contribution in [3.05, 3.63) is 18.3 Å². The highest BCUT2D eigenvalue weighted by atomic mass is 32.2. The number of nitrogen functional groups attached to an aromatic ring is 1. The standard InChI is InChI=1S/C10H17N3O4S/c1-2-10(6-14,7-15)13-18(16,17)8-3-4-9(11)12-5-8/h3-5,13-15H,2,6-7H2,1H3,(H2,11,12). The van der Waals surface area contributed by atoms with Gasteiger partial charge in [-0.25, -0.2) is 18.1 Å². The zero-order valence-corrected chi connectivity index (χ0v) is 10.8. The van der Waals surface area contributed by atoms with E-state index in [1.54, 1.807) is 6.92 Å². The number of nitrogens with zero attached hydrogens (tertiary/aromatic N) is 1. The predicted octanol–water partition coefficient (Wildman–Crippen LogP) is -0.924. The Hall–Kier alpha value is -1.22. The van der Waals surface area contributed by atoms with Crippen LogP contribution in [0.25, 0.3) is 0 Å². The van der Waals surface area contributed by atoms with Gasteiger partial charge in [0.2, 0.25) is 10.0 Å². The van der Waals surface area contributed by atoms with Crippen LogP contribution in [0.2, 0.25) is 0 Å². The smallest absolute Gasteiger partial charge is 0.242 e. The van der Waals surface area contributed by atoms with Gasteiger partial charge in [-0.05, 0) is 18.6 Å². The van der Waals surface area contributed by atoms with Gasteiger partial charge in [-0.1, -0.05) is 6.92 Å². The van der Waals surface area contributed by atoms with E-state index in [1.807, 2.05) is 0 Å². The first-order valence-corrected chi connectivity index (χ1v) is 6.84. The van der Waals surface area contributed by atoms with Gasteiger partial charge in [0, 0.05) is 6.20 Å². The lowest BCUT2D eigenvalue weighted by atomic mass is 10.0. The number of aromatic nitrogens is 1. The Morgan fingerprint density at radius 2 is 2.00 bits per heavy atom. The van der Waals surface area contributed by atoms with E-state index in [1.165, 1.54) is 12.1 Å². The molecule has 1 aromatic heterocycles. The van der Waals surface area contributed by atoms with Gasteiger partial charge in [0.25, 0.3) is 0 Å². The summed E-state index contributed by atoms with van der Waals surface area (Å²) in [5.41, 5.74) is 4.09. The molecule has 0 amide bonds. The number of nitrogens with one attached hydrogen (secondary N) is 1. The molecule has 0 fully saturated rings. The van der Waals surface area contributed by atoms with Gasteiger partial charge in [-0.3, -0.25) is 0 Å². The number of rotatable bonds is 6. The van der Waals surface area contributed by atoms with Crippen LogP contribution in [-0.2, 0) is 10.0 Å². The molecule has 7 nitrogen and oxygen atoms in total. The molecule has 0 unspecified atom stereocenters. The van der Waals surface area contributed by atoms with Crippen LogP contribution in [0.15, 0.2) is 23.2 Å². The van der Waals surface area contributed by atoms with Crippen LogP contribution < -0.4 is 10.5 Å². The molecule has 5 N–H and O–H groups in total. The van der Waals surface area contributed by atoms with Crippen molar-refractivity contribution >= 4 is 15.8 Å². The fourth-order valence-corrected chi connectivity index (χ4v) is 2.70. The molecule has 1 heterocycles. The largest absolute Gasteiger partial charge is 0.394 e. The monoisotopic (exact) mass is 275 g/mol. The Kier molecular flexibility index (Phi) is 4.63. The normalized spacial score (nSPS) is 12.6. The highest BCUT2D eigenvalue weighted by Crippen LogP contribution is 2.15. The molecule has 0 aliphatic heterocycles. The minimum Gasteiger partial charge on any atom is -0.394 e. The number of nitrogens with two attached hydrogens (primary N) is 1. The molecule has 18 heavy (non-hydrogen) atoms. The molecule has 1 aromatic rings. The Morgan fingerprint density at radius 3 is 2.39 bits per heavy atom. The Balaban J connectivity index is 3.04. The van der Waals surface area contributed by atoms with Crippen LogP contribution in [0.4, 0.5) is 5.82 Å². The summed E-state index contributed by atoms with van der Waals surface area (Å²) in [6, 6.07) is 2.67. The molecule has 0 spiro atoms. The maximum absolute atomic E-state index is 12.0. The van der Waals surface area contributed by atoms with Crippen molar-refractivity contribution in [1.29, 1.82) is 0 Å². The van der Waals surface area contributed by atoms with Gasteiger partial charge >= 0.3 is 0 Å². The molecule has 1 rings (SSSR count). The third kappa shape index (κ3) is 3.16. The highest BCUT2D eigenvalue weighted by Gasteiger charge is 2.32. The lowest BCUT2D eigenvalue weighted by Gasteiger charge is -2.29. The summed E-state index contributed by atoms with van der Waals surface area (Å²) >= 11 is 0. The van der Waals surface area contributed by atoms with Crippen LogP contribution in [-0.4, -0.2) is 42.4 Å². The number of hydrogen-bond acceptors (Lipinski definition) is 6. The molecule has 0 aromatic carbocycles.